The molecule has 0 saturated heterocycles. The van der Waals surface area contributed by atoms with E-state index in [0.29, 0.717) is 12.8 Å². The molecule has 2 saturated carbocycles. The highest BCUT2D eigenvalue weighted by atomic mass is 16.6. The van der Waals surface area contributed by atoms with Gasteiger partial charge in [-0.05, 0) is 116 Å². The SMILES string of the molecule is C=C(C)[C@@H](CC=C(C)C)C[C@@]12C[C@@H](CC=C(C)C)C(C)(C)[C@@](CC=C(C)C)(C(=O)/C(=C(/O)c3ccc(OC(=O)[C@@H](O)[C@@H](O)[C@H](O)[C@@H](O)C=O)c(O)c3)C1=O)C2=O. The average molecular weight is 779 g/mol. The number of rotatable bonds is 16. The number of ether oxygens (including phenoxy) is 1. The highest BCUT2D eigenvalue weighted by molar-refractivity contribution is 6.41. The standard InChI is InChI=1S/C44H58O12/c1-23(2)11-13-28(26(7)8)20-43-21-29(15-12-24(3)4)42(9,10)44(41(43)55,18-17-25(5)6)39(53)33(38(43)52)34(48)27-14-16-32(30(46)19-27)56-40(54)37(51)36(50)35(49)31(47)22-45/h11-12,14,16-17,19,22,28-29,31,35-37,46-51H,7,13,15,18,20-21H2,1-6,8-10H3/b34-33+/t28-,29+,31-,35+,36-,37-,43+,44-/m0/s1. The first-order valence-corrected chi connectivity index (χ1v) is 18.8. The number of esters is 1. The molecule has 306 valence electrons. The minimum atomic E-state index is -2.46. The molecule has 2 aliphatic carbocycles. The molecule has 0 aromatic heterocycles. The fraction of sp³-hybridized carbons (Fsp3) is 0.523. The van der Waals surface area contributed by atoms with Gasteiger partial charge < -0.3 is 40.2 Å². The number of benzene rings is 1. The van der Waals surface area contributed by atoms with Crippen molar-refractivity contribution in [2.24, 2.45) is 28.1 Å². The molecule has 12 nitrogen and oxygen atoms in total. The molecule has 56 heavy (non-hydrogen) atoms. The molecule has 0 heterocycles. The number of hydrogen-bond donors (Lipinski definition) is 6. The van der Waals surface area contributed by atoms with E-state index in [9.17, 15) is 40.2 Å². The monoisotopic (exact) mass is 778 g/mol. The van der Waals surface area contributed by atoms with Crippen LogP contribution in [-0.2, 0) is 24.0 Å². The zero-order chi connectivity index (χ0) is 42.7. The second kappa shape index (κ2) is 17.8. The van der Waals surface area contributed by atoms with Gasteiger partial charge in [-0.15, -0.1) is 0 Å². The lowest BCUT2D eigenvalue weighted by Crippen LogP contribution is -2.69. The summed E-state index contributed by atoms with van der Waals surface area (Å²) in [6.45, 7) is 21.3. The van der Waals surface area contributed by atoms with E-state index >= 15 is 14.4 Å². The lowest BCUT2D eigenvalue weighted by molar-refractivity contribution is -0.177. The Kier molecular flexibility index (Phi) is 14.6. The van der Waals surface area contributed by atoms with Crippen molar-refractivity contribution < 1.29 is 59.3 Å². The normalized spacial score (nSPS) is 25.2. The van der Waals surface area contributed by atoms with E-state index in [1.54, 1.807) is 0 Å². The molecule has 2 aliphatic rings. The lowest BCUT2D eigenvalue weighted by atomic mass is 9.38. The molecule has 0 spiro atoms. The van der Waals surface area contributed by atoms with Gasteiger partial charge in [0.15, 0.2) is 41.2 Å². The number of aromatic hydroxyl groups is 1. The van der Waals surface area contributed by atoms with Crippen molar-refractivity contribution in [3.8, 4) is 11.5 Å². The number of aliphatic hydroxyl groups excluding tert-OH is 5. The molecule has 1 aromatic carbocycles. The fourth-order valence-corrected chi connectivity index (χ4v) is 7.94. The highest BCUT2D eigenvalue weighted by Gasteiger charge is 2.74. The van der Waals surface area contributed by atoms with E-state index in [0.717, 1.165) is 40.5 Å². The predicted octanol–water partition coefficient (Wildman–Crippen LogP) is 5.60. The summed E-state index contributed by atoms with van der Waals surface area (Å²) in [7, 11) is 0. The topological polar surface area (TPSA) is 216 Å². The van der Waals surface area contributed by atoms with E-state index in [2.05, 4.69) is 12.7 Å². The first-order valence-electron chi connectivity index (χ1n) is 18.8. The van der Waals surface area contributed by atoms with Crippen LogP contribution < -0.4 is 4.74 Å². The second-order valence-corrected chi connectivity index (χ2v) is 16.7. The average Bonchev–Trinajstić information content (AvgIpc) is 3.12. The van der Waals surface area contributed by atoms with Gasteiger partial charge in [0.2, 0.25) is 0 Å². The molecule has 0 radical (unpaired) electrons. The van der Waals surface area contributed by atoms with Crippen molar-refractivity contribution in [1.29, 1.82) is 0 Å². The van der Waals surface area contributed by atoms with Gasteiger partial charge in [-0.1, -0.05) is 60.9 Å². The van der Waals surface area contributed by atoms with Crippen molar-refractivity contribution in [3.05, 3.63) is 76.4 Å². The minimum Gasteiger partial charge on any atom is -0.506 e. The number of carbonyl (C=O) groups is 5. The van der Waals surface area contributed by atoms with Gasteiger partial charge in [0.25, 0.3) is 0 Å². The first-order chi connectivity index (χ1) is 25.9. The first kappa shape index (κ1) is 45.9. The molecule has 0 aliphatic heterocycles. The summed E-state index contributed by atoms with van der Waals surface area (Å²) in [6, 6.07) is 3.08. The van der Waals surface area contributed by atoms with Gasteiger partial charge in [0.05, 0.1) is 5.41 Å². The molecule has 3 rings (SSSR count). The molecule has 12 heteroatoms. The minimum absolute atomic E-state index is 0.0181. The Bertz CT molecular complexity index is 1870. The zero-order valence-corrected chi connectivity index (χ0v) is 33.9. The van der Waals surface area contributed by atoms with Crippen LogP contribution in [0.5, 0.6) is 11.5 Å². The maximum atomic E-state index is 15.4. The van der Waals surface area contributed by atoms with E-state index in [1.165, 1.54) is 0 Å². The van der Waals surface area contributed by atoms with Gasteiger partial charge in [-0.25, -0.2) is 4.79 Å². The van der Waals surface area contributed by atoms with Gasteiger partial charge in [0.1, 0.15) is 35.1 Å². The van der Waals surface area contributed by atoms with Crippen molar-refractivity contribution in [2.75, 3.05) is 0 Å². The van der Waals surface area contributed by atoms with Crippen LogP contribution >= 0.6 is 0 Å². The van der Waals surface area contributed by atoms with Gasteiger partial charge in [-0.3, -0.25) is 14.4 Å². The van der Waals surface area contributed by atoms with E-state index < -0.39 is 86.8 Å². The van der Waals surface area contributed by atoms with Crippen LogP contribution in [0.25, 0.3) is 5.76 Å². The summed E-state index contributed by atoms with van der Waals surface area (Å²) < 4.78 is 4.98. The number of carbonyl (C=O) groups excluding carboxylic acids is 5. The summed E-state index contributed by atoms with van der Waals surface area (Å²) in [5.74, 6) is -6.47. The van der Waals surface area contributed by atoms with E-state index in [-0.39, 0.29) is 42.9 Å². The number of allylic oxidation sites excluding steroid dienone is 8. The predicted molar refractivity (Wildman–Crippen MR) is 210 cm³/mol. The Balaban J connectivity index is 2.30. The van der Waals surface area contributed by atoms with Crippen LogP contribution in [0.1, 0.15) is 100.0 Å². The van der Waals surface area contributed by atoms with Crippen molar-refractivity contribution in [2.45, 2.75) is 119 Å². The zero-order valence-electron chi connectivity index (χ0n) is 33.9. The van der Waals surface area contributed by atoms with Gasteiger partial charge in [0, 0.05) is 5.56 Å². The van der Waals surface area contributed by atoms with E-state index in [4.69, 9.17) is 4.74 Å². The molecular formula is C44H58O12. The summed E-state index contributed by atoms with van der Waals surface area (Å²) in [5.41, 5.74) is -1.60. The maximum absolute atomic E-state index is 15.4. The third kappa shape index (κ3) is 8.73. The summed E-state index contributed by atoms with van der Waals surface area (Å²) in [6.07, 6.45) is -2.22. The number of ketones is 3. The molecule has 8 atom stereocenters. The smallest absolute Gasteiger partial charge is 0.343 e. The number of phenols is 1. The fourth-order valence-electron chi connectivity index (χ4n) is 7.94. The summed E-state index contributed by atoms with van der Waals surface area (Å²) in [5, 5.41) is 62.3. The Morgan fingerprint density at radius 3 is 2.02 bits per heavy atom. The quantitative estimate of drug-likeness (QED) is 0.0177. The van der Waals surface area contributed by atoms with Crippen molar-refractivity contribution in [3.63, 3.8) is 0 Å². The number of Topliss-reactive ketones (excluding diaryl/α,β-unsaturated/α-hetero) is 3. The van der Waals surface area contributed by atoms with Crippen LogP contribution in [0.3, 0.4) is 0 Å². The Morgan fingerprint density at radius 2 is 1.50 bits per heavy atom. The van der Waals surface area contributed by atoms with Gasteiger partial charge in [-0.2, -0.15) is 0 Å². The van der Waals surface area contributed by atoms with Crippen LogP contribution in [0.15, 0.2) is 70.9 Å². The second-order valence-electron chi connectivity index (χ2n) is 16.7. The molecule has 2 fully saturated rings. The molecule has 1 aromatic rings. The van der Waals surface area contributed by atoms with Crippen LogP contribution in [0.4, 0.5) is 0 Å². The largest absolute Gasteiger partial charge is 0.506 e. The summed E-state index contributed by atoms with van der Waals surface area (Å²) in [4.78, 5) is 69.0. The highest BCUT2D eigenvalue weighted by Crippen LogP contribution is 2.66. The van der Waals surface area contributed by atoms with Crippen molar-refractivity contribution in [1.82, 2.24) is 0 Å². The maximum Gasteiger partial charge on any atom is 0.343 e. The lowest BCUT2D eigenvalue weighted by Gasteiger charge is -2.60. The van der Waals surface area contributed by atoms with Crippen LogP contribution in [0.2, 0.25) is 0 Å². The molecule has 0 amide bonds. The van der Waals surface area contributed by atoms with Gasteiger partial charge >= 0.3 is 5.97 Å². The number of aldehydes is 1. The Labute approximate surface area is 329 Å². The third-order valence-corrected chi connectivity index (χ3v) is 11.6. The Morgan fingerprint density at radius 1 is 0.911 bits per heavy atom. The number of hydrogen-bond acceptors (Lipinski definition) is 12. The molecule has 6 N–H and O–H groups in total. The number of phenolic OH excluding ortho intramolecular Hbond substituents is 1. The van der Waals surface area contributed by atoms with Crippen LogP contribution in [0, 0.1) is 28.1 Å². The Hall–Kier alpha value is -4.49. The summed E-state index contributed by atoms with van der Waals surface area (Å²) >= 11 is 0. The van der Waals surface area contributed by atoms with Crippen LogP contribution in [-0.4, -0.2) is 84.7 Å². The molecular weight excluding hydrogens is 720 g/mol. The van der Waals surface area contributed by atoms with E-state index in [1.807, 2.05) is 74.5 Å². The number of fused-ring (bicyclic) bond motifs is 2. The number of aliphatic hydroxyl groups is 5. The molecule has 2 bridgehead atoms. The van der Waals surface area contributed by atoms with Crippen molar-refractivity contribution >= 4 is 35.4 Å². The third-order valence-electron chi connectivity index (χ3n) is 11.6. The molecule has 0 unspecified atom stereocenters.